The van der Waals surface area contributed by atoms with Gasteiger partial charge < -0.3 is 10.6 Å². The topological polar surface area (TPSA) is 118 Å². The normalized spacial score (nSPS) is 12.1. The molecule has 4 N–H and O–H groups in total. The van der Waals surface area contributed by atoms with Crippen LogP contribution in [0, 0.1) is 6.92 Å². The van der Waals surface area contributed by atoms with Crippen LogP contribution in [0.15, 0.2) is 82.6 Å². The highest BCUT2D eigenvalue weighted by Gasteiger charge is 2.16. The number of primary sulfonamides is 1. The zero-order chi connectivity index (χ0) is 23.3. The molecule has 1 unspecified atom stereocenters. The summed E-state index contributed by atoms with van der Waals surface area (Å²) in [6, 6.07) is 20.2. The third-order valence-electron chi connectivity index (χ3n) is 4.50. The summed E-state index contributed by atoms with van der Waals surface area (Å²) in [6.07, 6.45) is 0. The largest absolute Gasteiger partial charge is 0.325 e. The Morgan fingerprint density at radius 3 is 2.25 bits per heavy atom. The van der Waals surface area contributed by atoms with Gasteiger partial charge in [0.1, 0.15) is 0 Å². The van der Waals surface area contributed by atoms with E-state index in [4.69, 9.17) is 5.14 Å². The highest BCUT2D eigenvalue weighted by Crippen LogP contribution is 2.27. The van der Waals surface area contributed by atoms with E-state index in [2.05, 4.69) is 10.6 Å². The van der Waals surface area contributed by atoms with Crippen LogP contribution in [0.3, 0.4) is 0 Å². The highest BCUT2D eigenvalue weighted by molar-refractivity contribution is 8.00. The van der Waals surface area contributed by atoms with Crippen LogP contribution in [0.2, 0.25) is 0 Å². The highest BCUT2D eigenvalue weighted by atomic mass is 32.2. The molecule has 0 saturated heterocycles. The van der Waals surface area contributed by atoms with Crippen LogP contribution in [0.1, 0.15) is 22.8 Å². The van der Waals surface area contributed by atoms with Crippen molar-refractivity contribution in [3.8, 4) is 0 Å². The second-order valence-electron chi connectivity index (χ2n) is 7.17. The number of amides is 2. The number of hydrogen-bond acceptors (Lipinski definition) is 5. The van der Waals surface area contributed by atoms with E-state index in [0.29, 0.717) is 16.9 Å². The second-order valence-corrected chi connectivity index (χ2v) is 10.1. The Morgan fingerprint density at radius 1 is 0.906 bits per heavy atom. The first-order chi connectivity index (χ1) is 15.1. The van der Waals surface area contributed by atoms with Gasteiger partial charge in [-0.2, -0.15) is 0 Å². The van der Waals surface area contributed by atoms with Crippen LogP contribution in [0.4, 0.5) is 11.4 Å². The predicted octanol–water partition coefficient (Wildman–Crippen LogP) is 4.01. The van der Waals surface area contributed by atoms with Crippen molar-refractivity contribution in [3.63, 3.8) is 0 Å². The molecule has 1 atom stereocenters. The average Bonchev–Trinajstić information content (AvgIpc) is 2.73. The summed E-state index contributed by atoms with van der Waals surface area (Å²) in [7, 11) is -3.78. The zero-order valence-electron chi connectivity index (χ0n) is 17.5. The van der Waals surface area contributed by atoms with Crippen LogP contribution in [0.25, 0.3) is 0 Å². The van der Waals surface area contributed by atoms with Gasteiger partial charge in [0.15, 0.2) is 0 Å². The molecule has 0 spiro atoms. The molecule has 2 amide bonds. The molecule has 9 heteroatoms. The van der Waals surface area contributed by atoms with E-state index >= 15 is 0 Å². The lowest BCUT2D eigenvalue weighted by atomic mass is 10.1. The summed E-state index contributed by atoms with van der Waals surface area (Å²) >= 11 is 1.34. The van der Waals surface area contributed by atoms with Crippen molar-refractivity contribution in [2.75, 3.05) is 10.6 Å². The van der Waals surface area contributed by atoms with Gasteiger partial charge >= 0.3 is 0 Å². The molecule has 0 aliphatic carbocycles. The third kappa shape index (κ3) is 6.43. The molecule has 0 heterocycles. The number of anilines is 2. The summed E-state index contributed by atoms with van der Waals surface area (Å²) in [5, 5.41) is 10.3. The fraction of sp³-hybridized carbons (Fsp3) is 0.130. The first kappa shape index (κ1) is 23.5. The molecular formula is C23H23N3O4S2. The molecule has 0 fully saturated rings. The van der Waals surface area contributed by atoms with E-state index in [-0.39, 0.29) is 16.7 Å². The van der Waals surface area contributed by atoms with Crippen LogP contribution in [0.5, 0.6) is 0 Å². The Hall–Kier alpha value is -3.14. The van der Waals surface area contributed by atoms with E-state index in [9.17, 15) is 18.0 Å². The van der Waals surface area contributed by atoms with Crippen LogP contribution in [-0.4, -0.2) is 25.5 Å². The number of rotatable bonds is 7. The molecule has 0 bridgehead atoms. The Morgan fingerprint density at radius 2 is 1.59 bits per heavy atom. The van der Waals surface area contributed by atoms with Gasteiger partial charge in [0.2, 0.25) is 15.9 Å². The van der Waals surface area contributed by atoms with Crippen molar-refractivity contribution in [2.24, 2.45) is 5.14 Å². The van der Waals surface area contributed by atoms with Crippen molar-refractivity contribution < 1.29 is 18.0 Å². The second kappa shape index (κ2) is 9.99. The van der Waals surface area contributed by atoms with Crippen LogP contribution in [-0.2, 0) is 14.8 Å². The van der Waals surface area contributed by atoms with Crippen LogP contribution < -0.4 is 15.8 Å². The SMILES string of the molecule is Cc1cccc(C(=O)Nc2cccc(SC(C)C(=O)Nc3ccc(S(N)(=O)=O)cc3)c2)c1. The molecule has 0 saturated carbocycles. The number of carbonyl (C=O) groups is 2. The first-order valence-corrected chi connectivity index (χ1v) is 12.1. The number of sulfonamides is 1. The molecule has 0 aliphatic heterocycles. The minimum absolute atomic E-state index is 0.0255. The summed E-state index contributed by atoms with van der Waals surface area (Å²) < 4.78 is 22.7. The maximum absolute atomic E-state index is 12.5. The maximum atomic E-state index is 12.5. The average molecular weight is 470 g/mol. The molecule has 3 aromatic rings. The molecule has 3 aromatic carbocycles. The minimum atomic E-state index is -3.78. The Kier molecular flexibility index (Phi) is 7.34. The number of thioether (sulfide) groups is 1. The van der Waals surface area contributed by atoms with Gasteiger partial charge in [-0.05, 0) is 68.4 Å². The van der Waals surface area contributed by atoms with E-state index in [1.54, 1.807) is 19.1 Å². The number of hydrogen-bond donors (Lipinski definition) is 3. The summed E-state index contributed by atoms with van der Waals surface area (Å²) in [5.41, 5.74) is 2.67. The van der Waals surface area contributed by atoms with Gasteiger partial charge in [0.05, 0.1) is 10.1 Å². The minimum Gasteiger partial charge on any atom is -0.325 e. The molecule has 166 valence electrons. The quantitative estimate of drug-likeness (QED) is 0.452. The fourth-order valence-electron chi connectivity index (χ4n) is 2.87. The summed E-state index contributed by atoms with van der Waals surface area (Å²) in [6.45, 7) is 3.69. The third-order valence-corrected chi connectivity index (χ3v) is 6.53. The molecule has 32 heavy (non-hydrogen) atoms. The lowest BCUT2D eigenvalue weighted by molar-refractivity contribution is -0.115. The van der Waals surface area contributed by atoms with Gasteiger partial charge in [-0.3, -0.25) is 9.59 Å². The maximum Gasteiger partial charge on any atom is 0.255 e. The van der Waals surface area contributed by atoms with Gasteiger partial charge in [-0.1, -0.05) is 23.8 Å². The van der Waals surface area contributed by atoms with Crippen LogP contribution >= 0.6 is 11.8 Å². The molecular weight excluding hydrogens is 446 g/mol. The van der Waals surface area contributed by atoms with E-state index < -0.39 is 15.3 Å². The lowest BCUT2D eigenvalue weighted by Gasteiger charge is -2.13. The summed E-state index contributed by atoms with van der Waals surface area (Å²) in [5.74, 6) is -0.447. The standard InChI is InChI=1S/C23H23N3O4S2/c1-15-5-3-6-17(13-15)23(28)26-19-7-4-8-20(14-19)31-16(2)22(27)25-18-9-11-21(12-10-18)32(24,29)30/h3-14,16H,1-2H3,(H,25,27)(H,26,28)(H2,24,29,30). The number of carbonyl (C=O) groups excluding carboxylic acids is 2. The Labute approximate surface area is 191 Å². The number of nitrogens with one attached hydrogen (secondary N) is 2. The van der Waals surface area contributed by atoms with E-state index in [1.165, 1.54) is 36.0 Å². The van der Waals surface area contributed by atoms with Crippen molar-refractivity contribution in [3.05, 3.63) is 83.9 Å². The molecule has 0 radical (unpaired) electrons. The van der Waals surface area contributed by atoms with Crippen molar-refractivity contribution >= 4 is 45.0 Å². The van der Waals surface area contributed by atoms with E-state index in [1.807, 2.05) is 43.3 Å². The zero-order valence-corrected chi connectivity index (χ0v) is 19.2. The summed E-state index contributed by atoms with van der Waals surface area (Å²) in [4.78, 5) is 25.8. The van der Waals surface area contributed by atoms with Gasteiger partial charge in [0, 0.05) is 21.8 Å². The fourth-order valence-corrected chi connectivity index (χ4v) is 4.31. The van der Waals surface area contributed by atoms with Crippen molar-refractivity contribution in [1.29, 1.82) is 0 Å². The number of benzene rings is 3. The van der Waals surface area contributed by atoms with Gasteiger partial charge in [0.25, 0.3) is 5.91 Å². The molecule has 3 rings (SSSR count). The molecule has 7 nitrogen and oxygen atoms in total. The van der Waals surface area contributed by atoms with E-state index in [0.717, 1.165) is 10.5 Å². The smallest absolute Gasteiger partial charge is 0.255 e. The van der Waals surface area contributed by atoms with Crippen molar-refractivity contribution in [2.45, 2.75) is 28.9 Å². The molecule has 0 aromatic heterocycles. The molecule has 0 aliphatic rings. The number of aryl methyl sites for hydroxylation is 1. The first-order valence-electron chi connectivity index (χ1n) is 9.70. The predicted molar refractivity (Wildman–Crippen MR) is 127 cm³/mol. The lowest BCUT2D eigenvalue weighted by Crippen LogP contribution is -2.22. The van der Waals surface area contributed by atoms with Gasteiger partial charge in [-0.15, -0.1) is 11.8 Å². The number of nitrogens with two attached hydrogens (primary N) is 1. The van der Waals surface area contributed by atoms with Crippen molar-refractivity contribution in [1.82, 2.24) is 0 Å². The Balaban J connectivity index is 1.61. The van der Waals surface area contributed by atoms with Gasteiger partial charge in [-0.25, -0.2) is 13.6 Å². The Bertz CT molecular complexity index is 1240. The monoisotopic (exact) mass is 469 g/mol.